The number of hydrogen-bond donors (Lipinski definition) is 1. The minimum Gasteiger partial charge on any atom is -0.493 e. The van der Waals surface area contributed by atoms with E-state index in [9.17, 15) is 4.39 Å². The molecule has 3 aromatic carbocycles. The second-order valence-electron chi connectivity index (χ2n) is 5.87. The van der Waals surface area contributed by atoms with E-state index in [1.807, 2.05) is 0 Å². The molecule has 29 heavy (non-hydrogen) atoms. The number of anilines is 1. The normalized spacial score (nSPS) is 10.9. The number of hydrogen-bond acceptors (Lipinski definition) is 4. The van der Waals surface area contributed by atoms with E-state index < -0.39 is 5.82 Å². The molecule has 0 radical (unpaired) electrons. The molecule has 0 bridgehead atoms. The number of benzene rings is 3. The summed E-state index contributed by atoms with van der Waals surface area (Å²) in [7, 11) is 1.52. The maximum atomic E-state index is 14.0. The molecule has 3 rings (SSSR count). The summed E-state index contributed by atoms with van der Waals surface area (Å²) in [6, 6.07) is 14.9. The Morgan fingerprint density at radius 2 is 1.79 bits per heavy atom. The first-order chi connectivity index (χ1) is 14.0. The van der Waals surface area contributed by atoms with E-state index in [1.54, 1.807) is 48.7 Å². The van der Waals surface area contributed by atoms with Crippen LogP contribution in [0, 0.1) is 5.82 Å². The summed E-state index contributed by atoms with van der Waals surface area (Å²) in [6.07, 6.45) is 1.56. The van der Waals surface area contributed by atoms with Crippen LogP contribution in [0.5, 0.6) is 11.5 Å². The lowest BCUT2D eigenvalue weighted by Gasteiger charge is -2.14. The molecular formula is C21H16Cl3FN2O2. The Balaban J connectivity index is 1.81. The molecular weight excluding hydrogens is 438 g/mol. The zero-order valence-electron chi connectivity index (χ0n) is 15.3. The summed E-state index contributed by atoms with van der Waals surface area (Å²) in [5.74, 6) is 0.453. The fourth-order valence-electron chi connectivity index (χ4n) is 2.51. The van der Waals surface area contributed by atoms with Crippen LogP contribution in [0.1, 0.15) is 11.1 Å². The molecule has 0 saturated heterocycles. The molecule has 0 aliphatic rings. The number of rotatable bonds is 7. The van der Waals surface area contributed by atoms with E-state index in [2.05, 4.69) is 10.5 Å². The van der Waals surface area contributed by atoms with Gasteiger partial charge >= 0.3 is 0 Å². The highest BCUT2D eigenvalue weighted by Gasteiger charge is 2.13. The van der Waals surface area contributed by atoms with E-state index in [4.69, 9.17) is 44.3 Å². The molecule has 0 heterocycles. The molecule has 0 unspecified atom stereocenters. The second kappa shape index (κ2) is 9.83. The number of halogens is 4. The molecule has 1 N–H and O–H groups in total. The van der Waals surface area contributed by atoms with E-state index in [0.29, 0.717) is 32.8 Å². The average molecular weight is 454 g/mol. The van der Waals surface area contributed by atoms with Crippen LogP contribution in [0.25, 0.3) is 0 Å². The Morgan fingerprint density at radius 3 is 2.52 bits per heavy atom. The van der Waals surface area contributed by atoms with Gasteiger partial charge in [-0.05, 0) is 42.5 Å². The second-order valence-corrected chi connectivity index (χ2v) is 7.09. The fourth-order valence-corrected chi connectivity index (χ4v) is 3.02. The van der Waals surface area contributed by atoms with Gasteiger partial charge in [-0.1, -0.05) is 46.9 Å². The lowest BCUT2D eigenvalue weighted by atomic mass is 10.2. The number of ether oxygens (including phenoxy) is 2. The van der Waals surface area contributed by atoms with Gasteiger partial charge in [0.2, 0.25) is 0 Å². The number of methoxy groups -OCH3 is 1. The van der Waals surface area contributed by atoms with Crippen molar-refractivity contribution >= 4 is 46.7 Å². The van der Waals surface area contributed by atoms with Crippen LogP contribution < -0.4 is 14.9 Å². The largest absolute Gasteiger partial charge is 0.493 e. The molecule has 0 saturated carbocycles. The van der Waals surface area contributed by atoms with Crippen molar-refractivity contribution in [2.45, 2.75) is 6.61 Å². The molecule has 0 aliphatic carbocycles. The first-order valence-corrected chi connectivity index (χ1v) is 9.60. The van der Waals surface area contributed by atoms with Gasteiger partial charge in [-0.2, -0.15) is 5.10 Å². The van der Waals surface area contributed by atoms with Crippen molar-refractivity contribution in [3.05, 3.63) is 86.6 Å². The van der Waals surface area contributed by atoms with Crippen LogP contribution in [-0.4, -0.2) is 13.3 Å². The van der Waals surface area contributed by atoms with Crippen LogP contribution in [0.4, 0.5) is 10.1 Å². The van der Waals surface area contributed by atoms with Gasteiger partial charge in [-0.15, -0.1) is 0 Å². The maximum Gasteiger partial charge on any atom is 0.170 e. The molecule has 4 nitrogen and oxygen atoms in total. The zero-order chi connectivity index (χ0) is 20.8. The molecule has 0 atom stereocenters. The molecule has 0 fully saturated rings. The van der Waals surface area contributed by atoms with Crippen molar-refractivity contribution in [1.29, 1.82) is 0 Å². The summed E-state index contributed by atoms with van der Waals surface area (Å²) >= 11 is 18.0. The minimum absolute atomic E-state index is 0.0626. The Bertz CT molecular complexity index is 1020. The number of nitrogens with one attached hydrogen (secondary N) is 1. The lowest BCUT2D eigenvalue weighted by Crippen LogP contribution is -2.03. The highest BCUT2D eigenvalue weighted by molar-refractivity contribution is 6.42. The summed E-state index contributed by atoms with van der Waals surface area (Å²) in [5.41, 5.74) is 4.42. The molecule has 3 aromatic rings. The van der Waals surface area contributed by atoms with E-state index in [1.165, 1.54) is 19.2 Å². The summed E-state index contributed by atoms with van der Waals surface area (Å²) in [5, 5.41) is 5.36. The SMILES string of the molecule is COc1cccc(C=NNc2ccc(Cl)c(Cl)c2)c1OCc1c(F)cccc1Cl. The molecule has 0 spiro atoms. The topological polar surface area (TPSA) is 42.8 Å². The van der Waals surface area contributed by atoms with Gasteiger partial charge in [0.15, 0.2) is 11.5 Å². The van der Waals surface area contributed by atoms with Crippen molar-refractivity contribution in [3.63, 3.8) is 0 Å². The highest BCUT2D eigenvalue weighted by atomic mass is 35.5. The first-order valence-electron chi connectivity index (χ1n) is 8.46. The third-order valence-corrected chi connectivity index (χ3v) is 5.06. The van der Waals surface area contributed by atoms with Crippen molar-refractivity contribution in [1.82, 2.24) is 0 Å². The van der Waals surface area contributed by atoms with Gasteiger partial charge in [0, 0.05) is 11.1 Å². The van der Waals surface area contributed by atoms with Crippen molar-refractivity contribution in [2.75, 3.05) is 12.5 Å². The smallest absolute Gasteiger partial charge is 0.170 e. The first kappa shape index (κ1) is 21.2. The summed E-state index contributed by atoms with van der Waals surface area (Å²) < 4.78 is 25.2. The molecule has 8 heteroatoms. The number of para-hydroxylation sites is 1. The monoisotopic (exact) mass is 452 g/mol. The molecule has 0 aromatic heterocycles. The molecule has 150 valence electrons. The third kappa shape index (κ3) is 5.32. The van der Waals surface area contributed by atoms with E-state index in [-0.39, 0.29) is 17.2 Å². The number of nitrogens with zero attached hydrogens (tertiary/aromatic N) is 1. The quantitative estimate of drug-likeness (QED) is 0.315. The third-order valence-electron chi connectivity index (χ3n) is 3.97. The van der Waals surface area contributed by atoms with Gasteiger partial charge in [-0.3, -0.25) is 5.43 Å². The zero-order valence-corrected chi connectivity index (χ0v) is 17.5. The predicted octanol–water partition coefficient (Wildman–Crippen LogP) is 6.82. The standard InChI is InChI=1S/C21H16Cl3FN2O2/c1-28-20-7-2-4-13(11-26-27-14-8-9-17(23)18(24)10-14)21(20)29-12-15-16(22)5-3-6-19(15)25/h2-11,27H,12H2,1H3. The van der Waals surface area contributed by atoms with Crippen molar-refractivity contribution in [3.8, 4) is 11.5 Å². The van der Waals surface area contributed by atoms with Crippen LogP contribution in [0.3, 0.4) is 0 Å². The maximum absolute atomic E-state index is 14.0. The Labute approximate surface area is 182 Å². The lowest BCUT2D eigenvalue weighted by molar-refractivity contribution is 0.279. The number of hydrazone groups is 1. The van der Waals surface area contributed by atoms with Gasteiger partial charge < -0.3 is 9.47 Å². The van der Waals surface area contributed by atoms with E-state index in [0.717, 1.165) is 0 Å². The Morgan fingerprint density at radius 1 is 1.00 bits per heavy atom. The summed E-state index contributed by atoms with van der Waals surface area (Å²) in [6.45, 7) is -0.0626. The van der Waals surface area contributed by atoms with Gasteiger partial charge in [0.25, 0.3) is 0 Å². The van der Waals surface area contributed by atoms with Gasteiger partial charge in [0.05, 0.1) is 34.1 Å². The average Bonchev–Trinajstić information content (AvgIpc) is 2.71. The van der Waals surface area contributed by atoms with E-state index >= 15 is 0 Å². The predicted molar refractivity (Wildman–Crippen MR) is 116 cm³/mol. The van der Waals surface area contributed by atoms with Crippen LogP contribution in [-0.2, 0) is 6.61 Å². The van der Waals surface area contributed by atoms with Crippen LogP contribution >= 0.6 is 34.8 Å². The highest BCUT2D eigenvalue weighted by Crippen LogP contribution is 2.32. The van der Waals surface area contributed by atoms with Gasteiger partial charge in [0.1, 0.15) is 12.4 Å². The Hall–Kier alpha value is -2.47. The van der Waals surface area contributed by atoms with Crippen molar-refractivity contribution in [2.24, 2.45) is 5.10 Å². The minimum atomic E-state index is -0.441. The van der Waals surface area contributed by atoms with Crippen molar-refractivity contribution < 1.29 is 13.9 Å². The van der Waals surface area contributed by atoms with Gasteiger partial charge in [-0.25, -0.2) is 4.39 Å². The summed E-state index contributed by atoms with van der Waals surface area (Å²) in [4.78, 5) is 0. The molecule has 0 amide bonds. The van der Waals surface area contributed by atoms with Crippen LogP contribution in [0.15, 0.2) is 59.7 Å². The fraction of sp³-hybridized carbons (Fsp3) is 0.0952. The van der Waals surface area contributed by atoms with Crippen LogP contribution in [0.2, 0.25) is 15.1 Å². The Kier molecular flexibility index (Phi) is 7.20. The molecule has 0 aliphatic heterocycles.